The van der Waals surface area contributed by atoms with Gasteiger partial charge in [0.1, 0.15) is 0 Å². The van der Waals surface area contributed by atoms with E-state index in [0.29, 0.717) is 11.3 Å². The summed E-state index contributed by atoms with van der Waals surface area (Å²) in [6, 6.07) is 17.1. The van der Waals surface area contributed by atoms with Crippen LogP contribution in [0.2, 0.25) is 0 Å². The second-order valence-corrected chi connectivity index (χ2v) is 7.10. The van der Waals surface area contributed by atoms with Crippen molar-refractivity contribution in [3.63, 3.8) is 0 Å². The highest BCUT2D eigenvalue weighted by molar-refractivity contribution is 8.14. The summed E-state index contributed by atoms with van der Waals surface area (Å²) in [5, 5.41) is 12.1. The van der Waals surface area contributed by atoms with Crippen molar-refractivity contribution in [1.29, 1.82) is 0 Å². The highest BCUT2D eigenvalue weighted by Gasteiger charge is 2.31. The predicted molar refractivity (Wildman–Crippen MR) is 98.8 cm³/mol. The molecule has 1 fully saturated rings. The molecule has 1 atom stereocenters. The van der Waals surface area contributed by atoms with Gasteiger partial charge in [-0.2, -0.15) is 0 Å². The third-order valence-electron chi connectivity index (χ3n) is 3.94. The van der Waals surface area contributed by atoms with Crippen molar-refractivity contribution in [2.24, 2.45) is 4.99 Å². The summed E-state index contributed by atoms with van der Waals surface area (Å²) in [6.07, 6.45) is 0. The van der Waals surface area contributed by atoms with Crippen LogP contribution in [0, 0.1) is 10.1 Å². The number of aliphatic imine (C=N–C) groups is 1. The van der Waals surface area contributed by atoms with Crippen LogP contribution in [0.3, 0.4) is 0 Å². The monoisotopic (exact) mass is 341 g/mol. The van der Waals surface area contributed by atoms with E-state index in [-0.39, 0.29) is 5.69 Å². The van der Waals surface area contributed by atoms with Crippen molar-refractivity contribution in [2.75, 3.05) is 6.54 Å². The lowest BCUT2D eigenvalue weighted by Crippen LogP contribution is -2.31. The number of hydrogen-bond acceptors (Lipinski definition) is 4. The van der Waals surface area contributed by atoms with E-state index >= 15 is 0 Å². The van der Waals surface area contributed by atoms with Gasteiger partial charge in [-0.25, -0.2) is 4.99 Å². The maximum Gasteiger partial charge on any atom is 0.269 e. The SMILES string of the molecule is CC(C)N1C[C@@H](c2ccccc2)SC1=Nc1ccc([N+](=O)[O-])cc1. The molecule has 2 aromatic rings. The number of hydrogen-bond donors (Lipinski definition) is 0. The molecule has 24 heavy (non-hydrogen) atoms. The van der Waals surface area contributed by atoms with Gasteiger partial charge in [-0.05, 0) is 31.5 Å². The van der Waals surface area contributed by atoms with Crippen LogP contribution in [0.4, 0.5) is 11.4 Å². The number of non-ortho nitro benzene ring substituents is 1. The Morgan fingerprint density at radius 1 is 1.17 bits per heavy atom. The Morgan fingerprint density at radius 2 is 1.83 bits per heavy atom. The van der Waals surface area contributed by atoms with E-state index in [9.17, 15) is 10.1 Å². The summed E-state index contributed by atoms with van der Waals surface area (Å²) < 4.78 is 0. The summed E-state index contributed by atoms with van der Waals surface area (Å²) in [5.74, 6) is 0. The molecule has 0 amide bonds. The smallest absolute Gasteiger partial charge is 0.269 e. The molecule has 6 heteroatoms. The lowest BCUT2D eigenvalue weighted by molar-refractivity contribution is -0.384. The molecule has 0 aromatic heterocycles. The van der Waals surface area contributed by atoms with Crippen LogP contribution in [0.5, 0.6) is 0 Å². The zero-order valence-corrected chi connectivity index (χ0v) is 14.4. The molecular weight excluding hydrogens is 322 g/mol. The van der Waals surface area contributed by atoms with Gasteiger partial charge in [0.05, 0.1) is 15.9 Å². The van der Waals surface area contributed by atoms with Crippen LogP contribution < -0.4 is 0 Å². The van der Waals surface area contributed by atoms with Crippen molar-refractivity contribution in [3.05, 3.63) is 70.3 Å². The Bertz CT molecular complexity index is 745. The Kier molecular flexibility index (Phi) is 4.85. The van der Waals surface area contributed by atoms with Gasteiger partial charge < -0.3 is 4.90 Å². The van der Waals surface area contributed by atoms with E-state index in [1.807, 2.05) is 6.07 Å². The third kappa shape index (κ3) is 3.59. The Hall–Kier alpha value is -2.34. The maximum absolute atomic E-state index is 10.8. The highest BCUT2D eigenvalue weighted by atomic mass is 32.2. The van der Waals surface area contributed by atoms with E-state index in [1.54, 1.807) is 23.9 Å². The van der Waals surface area contributed by atoms with Crippen LogP contribution in [0.1, 0.15) is 24.7 Å². The number of nitrogens with zero attached hydrogens (tertiary/aromatic N) is 3. The molecule has 0 radical (unpaired) electrons. The van der Waals surface area contributed by atoms with E-state index in [0.717, 1.165) is 17.4 Å². The lowest BCUT2D eigenvalue weighted by Gasteiger charge is -2.22. The summed E-state index contributed by atoms with van der Waals surface area (Å²) in [4.78, 5) is 17.4. The number of nitro benzene ring substituents is 1. The number of nitro groups is 1. The summed E-state index contributed by atoms with van der Waals surface area (Å²) in [7, 11) is 0. The minimum atomic E-state index is -0.396. The fraction of sp³-hybridized carbons (Fsp3) is 0.278. The Morgan fingerprint density at radius 3 is 2.42 bits per heavy atom. The summed E-state index contributed by atoms with van der Waals surface area (Å²) >= 11 is 1.75. The number of thioether (sulfide) groups is 1. The topological polar surface area (TPSA) is 58.7 Å². The van der Waals surface area contributed by atoms with Gasteiger partial charge in [-0.1, -0.05) is 42.1 Å². The molecule has 1 aliphatic rings. The molecule has 1 saturated heterocycles. The second kappa shape index (κ2) is 7.05. The molecule has 0 N–H and O–H groups in total. The first-order valence-electron chi connectivity index (χ1n) is 7.86. The molecule has 0 saturated carbocycles. The van der Waals surface area contributed by atoms with Crippen LogP contribution in [0.25, 0.3) is 0 Å². The zero-order chi connectivity index (χ0) is 17.1. The summed E-state index contributed by atoms with van der Waals surface area (Å²) in [5.41, 5.74) is 2.12. The molecule has 3 rings (SSSR count). The fourth-order valence-corrected chi connectivity index (χ4v) is 3.97. The van der Waals surface area contributed by atoms with Crippen molar-refractivity contribution in [1.82, 2.24) is 4.90 Å². The molecule has 0 unspecified atom stereocenters. The van der Waals surface area contributed by atoms with Crippen LogP contribution in [-0.2, 0) is 0 Å². The lowest BCUT2D eigenvalue weighted by atomic mass is 10.1. The quantitative estimate of drug-likeness (QED) is 0.593. The van der Waals surface area contributed by atoms with Crippen molar-refractivity contribution in [3.8, 4) is 0 Å². The number of benzene rings is 2. The predicted octanol–water partition coefficient (Wildman–Crippen LogP) is 4.78. The number of amidine groups is 1. The standard InChI is InChI=1S/C18H19N3O2S/c1-13(2)20-12-17(14-6-4-3-5-7-14)24-18(20)19-15-8-10-16(11-9-15)21(22)23/h3-11,13,17H,12H2,1-2H3/t17-/m0/s1. The first-order chi connectivity index (χ1) is 11.5. The minimum Gasteiger partial charge on any atom is -0.347 e. The van der Waals surface area contributed by atoms with E-state index in [4.69, 9.17) is 4.99 Å². The van der Waals surface area contributed by atoms with Gasteiger partial charge in [0.2, 0.25) is 0 Å². The first kappa shape index (κ1) is 16.5. The second-order valence-electron chi connectivity index (χ2n) is 5.93. The molecule has 1 heterocycles. The normalized spacial score (nSPS) is 19.2. The molecule has 0 spiro atoms. The van der Waals surface area contributed by atoms with Crippen LogP contribution >= 0.6 is 11.8 Å². The largest absolute Gasteiger partial charge is 0.347 e. The zero-order valence-electron chi connectivity index (χ0n) is 13.6. The molecule has 1 aliphatic heterocycles. The van der Waals surface area contributed by atoms with Gasteiger partial charge in [0.25, 0.3) is 5.69 Å². The average molecular weight is 341 g/mol. The average Bonchev–Trinajstić information content (AvgIpc) is 3.00. The van der Waals surface area contributed by atoms with E-state index < -0.39 is 4.92 Å². The molecular formula is C18H19N3O2S. The van der Waals surface area contributed by atoms with Crippen molar-refractivity contribution >= 4 is 28.3 Å². The number of rotatable bonds is 4. The minimum absolute atomic E-state index is 0.0842. The molecule has 0 bridgehead atoms. The molecule has 124 valence electrons. The van der Waals surface area contributed by atoms with Crippen molar-refractivity contribution < 1.29 is 4.92 Å². The van der Waals surface area contributed by atoms with Gasteiger partial charge in [-0.15, -0.1) is 0 Å². The van der Waals surface area contributed by atoms with Gasteiger partial charge in [0.15, 0.2) is 5.17 Å². The first-order valence-corrected chi connectivity index (χ1v) is 8.74. The van der Waals surface area contributed by atoms with Crippen LogP contribution in [-0.4, -0.2) is 27.6 Å². The van der Waals surface area contributed by atoms with Gasteiger partial charge >= 0.3 is 0 Å². The highest BCUT2D eigenvalue weighted by Crippen LogP contribution is 2.40. The van der Waals surface area contributed by atoms with E-state index in [2.05, 4.69) is 43.0 Å². The maximum atomic E-state index is 10.8. The Balaban J connectivity index is 1.85. The Labute approximate surface area is 145 Å². The molecule has 2 aromatic carbocycles. The summed E-state index contributed by atoms with van der Waals surface area (Å²) in [6.45, 7) is 5.22. The fourth-order valence-electron chi connectivity index (χ4n) is 2.61. The molecule has 0 aliphatic carbocycles. The van der Waals surface area contributed by atoms with Gasteiger partial charge in [-0.3, -0.25) is 10.1 Å². The third-order valence-corrected chi connectivity index (χ3v) is 5.18. The van der Waals surface area contributed by atoms with E-state index in [1.165, 1.54) is 17.7 Å². The van der Waals surface area contributed by atoms with Gasteiger partial charge in [0, 0.05) is 24.7 Å². The molecule has 5 nitrogen and oxygen atoms in total. The van der Waals surface area contributed by atoms with Crippen LogP contribution in [0.15, 0.2) is 59.6 Å². The van der Waals surface area contributed by atoms with Crippen molar-refractivity contribution in [2.45, 2.75) is 25.1 Å².